The van der Waals surface area contributed by atoms with E-state index in [1.807, 2.05) is 0 Å². The van der Waals surface area contributed by atoms with Gasteiger partial charge in [-0.15, -0.1) is 0 Å². The summed E-state index contributed by atoms with van der Waals surface area (Å²) in [6, 6.07) is -2.45. The van der Waals surface area contributed by atoms with Crippen LogP contribution in [0.1, 0.15) is 135 Å². The lowest BCUT2D eigenvalue weighted by Gasteiger charge is -2.23. The second kappa shape index (κ2) is 30.5. The van der Waals surface area contributed by atoms with Gasteiger partial charge in [0.15, 0.2) is 11.9 Å². The van der Waals surface area contributed by atoms with Crippen molar-refractivity contribution in [2.45, 2.75) is 160 Å². The molecular formula is C40H67N6O15P. The molecule has 0 aromatic carbocycles. The van der Waals surface area contributed by atoms with Crippen LogP contribution in [0.2, 0.25) is 0 Å². The number of rotatable bonds is 36. The Kier molecular flexibility index (Phi) is 26.3. The zero-order valence-corrected chi connectivity index (χ0v) is 36.6. The number of imidazole rings is 1. The lowest BCUT2D eigenvalue weighted by Crippen LogP contribution is -2.53. The first-order valence-electron chi connectivity index (χ1n) is 21.6. The SMILES string of the molecule is CCCCCCCCCCCCCCCCOC(COC(=O)CCC(=O)NCC(=O)NC(CCCCN)C(=O)NC(Cc1cnc[nH]1)C(=O)O)C1OC(=O)C(OP(=O)(O)O)=C1O. The number of carbonyl (C=O) groups is 6. The van der Waals surface area contributed by atoms with Crippen molar-refractivity contribution in [1.82, 2.24) is 25.9 Å². The second-order valence-electron chi connectivity index (χ2n) is 15.2. The van der Waals surface area contributed by atoms with E-state index in [1.54, 1.807) is 0 Å². The van der Waals surface area contributed by atoms with Crippen LogP contribution in [0, 0.1) is 0 Å². The third-order valence-electron chi connectivity index (χ3n) is 9.90. The molecule has 0 bridgehead atoms. The van der Waals surface area contributed by atoms with Gasteiger partial charge in [-0.05, 0) is 32.2 Å². The summed E-state index contributed by atoms with van der Waals surface area (Å²) in [6.45, 7) is 1.50. The van der Waals surface area contributed by atoms with Crippen LogP contribution in [-0.4, -0.2) is 116 Å². The van der Waals surface area contributed by atoms with Crippen molar-refractivity contribution in [3.8, 4) is 0 Å². The van der Waals surface area contributed by atoms with Crippen LogP contribution in [-0.2, 0) is 58.5 Å². The van der Waals surface area contributed by atoms with Crippen molar-refractivity contribution in [2.24, 2.45) is 5.73 Å². The molecule has 1 aromatic rings. The molecule has 0 fully saturated rings. The number of aliphatic carboxylic acids is 1. The average Bonchev–Trinajstić information content (AvgIpc) is 3.84. The number of carbonyl (C=O) groups excluding carboxylic acids is 5. The zero-order valence-electron chi connectivity index (χ0n) is 35.7. The third-order valence-corrected chi connectivity index (χ3v) is 10.3. The van der Waals surface area contributed by atoms with Crippen molar-refractivity contribution in [3.63, 3.8) is 0 Å². The van der Waals surface area contributed by atoms with Crippen LogP contribution in [0.25, 0.3) is 0 Å². The number of carboxylic acid groups (broad SMARTS) is 1. The molecule has 1 aliphatic rings. The number of cyclic esters (lactones) is 1. The maximum Gasteiger partial charge on any atom is 0.525 e. The number of nitrogens with zero attached hydrogens (tertiary/aromatic N) is 1. The Bertz CT molecular complexity index is 1610. The molecule has 21 nitrogen and oxygen atoms in total. The van der Waals surface area contributed by atoms with Crippen LogP contribution >= 0.6 is 7.82 Å². The number of H-pyrrole nitrogens is 1. The zero-order chi connectivity index (χ0) is 45.8. The molecule has 0 saturated heterocycles. The van der Waals surface area contributed by atoms with Gasteiger partial charge >= 0.3 is 25.7 Å². The van der Waals surface area contributed by atoms with Gasteiger partial charge in [-0.1, -0.05) is 90.4 Å². The van der Waals surface area contributed by atoms with Gasteiger partial charge in [0.1, 0.15) is 24.8 Å². The van der Waals surface area contributed by atoms with Gasteiger partial charge in [-0.25, -0.2) is 19.1 Å². The summed E-state index contributed by atoms with van der Waals surface area (Å²) in [6.07, 6.45) is 15.9. The molecule has 0 radical (unpaired) electrons. The number of aliphatic hydroxyl groups excluding tert-OH is 1. The van der Waals surface area contributed by atoms with E-state index in [-0.39, 0.29) is 19.4 Å². The molecule has 62 heavy (non-hydrogen) atoms. The Morgan fingerprint density at radius 3 is 2.08 bits per heavy atom. The normalized spacial score (nSPS) is 15.4. The molecule has 1 aromatic heterocycles. The Morgan fingerprint density at radius 1 is 0.887 bits per heavy atom. The molecule has 22 heteroatoms. The average molecular weight is 903 g/mol. The molecular weight excluding hydrogens is 835 g/mol. The minimum atomic E-state index is -5.25. The standard InChI is InChI=1S/C40H67N6O15P/c1-2-3-4-5-6-7-8-9-10-11-12-13-14-17-22-58-31(36-35(50)37(40(54)60-36)61-62(55,56)57)26-59-34(49)20-19-32(47)43-25-33(48)45-29(18-15-16-21-41)38(51)46-30(39(52)53)23-28-24-42-27-44-28/h24,27,29-31,36,50H,2-23,25-26,41H2,1H3,(H,42,44)(H,43,47)(H,45,48)(H,46,51)(H,52,53)(H2,55,56,57). The highest BCUT2D eigenvalue weighted by molar-refractivity contribution is 7.46. The highest BCUT2D eigenvalue weighted by Gasteiger charge is 2.44. The first-order valence-corrected chi connectivity index (χ1v) is 23.1. The molecule has 0 aliphatic carbocycles. The maximum atomic E-state index is 13.0. The van der Waals surface area contributed by atoms with Crippen LogP contribution < -0.4 is 21.7 Å². The highest BCUT2D eigenvalue weighted by Crippen LogP contribution is 2.42. The van der Waals surface area contributed by atoms with E-state index in [9.17, 15) is 43.5 Å². The number of nitrogens with two attached hydrogens (primary N) is 1. The van der Waals surface area contributed by atoms with Crippen molar-refractivity contribution in [1.29, 1.82) is 0 Å². The smallest absolute Gasteiger partial charge is 0.505 e. The number of amides is 3. The number of unbranched alkanes of at least 4 members (excludes halogenated alkanes) is 14. The maximum absolute atomic E-state index is 13.0. The van der Waals surface area contributed by atoms with E-state index < -0.39 is 105 Å². The fourth-order valence-electron chi connectivity index (χ4n) is 6.49. The quantitative estimate of drug-likeness (QED) is 0.0265. The second-order valence-corrected chi connectivity index (χ2v) is 16.3. The molecule has 3 amide bonds. The molecule has 2 heterocycles. The number of aliphatic hydroxyl groups is 1. The van der Waals surface area contributed by atoms with Gasteiger partial charge < -0.3 is 55.6 Å². The number of ether oxygens (including phenoxy) is 3. The van der Waals surface area contributed by atoms with Crippen molar-refractivity contribution >= 4 is 43.5 Å². The molecule has 0 saturated carbocycles. The van der Waals surface area contributed by atoms with E-state index >= 15 is 0 Å². The number of phosphoric acid groups is 1. The van der Waals surface area contributed by atoms with E-state index in [4.69, 9.17) is 29.7 Å². The Balaban J connectivity index is 1.84. The lowest BCUT2D eigenvalue weighted by molar-refractivity contribution is -0.159. The lowest BCUT2D eigenvalue weighted by atomic mass is 10.0. The van der Waals surface area contributed by atoms with Gasteiger partial charge in [0.25, 0.3) is 5.76 Å². The summed E-state index contributed by atoms with van der Waals surface area (Å²) in [5.74, 6) is -7.83. The van der Waals surface area contributed by atoms with E-state index in [2.05, 4.69) is 37.4 Å². The van der Waals surface area contributed by atoms with E-state index in [0.29, 0.717) is 31.5 Å². The fraction of sp³-hybridized carbons (Fsp3) is 0.725. The van der Waals surface area contributed by atoms with Gasteiger partial charge in [0, 0.05) is 31.3 Å². The summed E-state index contributed by atoms with van der Waals surface area (Å²) in [5.41, 5.74) is 6.03. The fourth-order valence-corrected chi connectivity index (χ4v) is 6.90. The highest BCUT2D eigenvalue weighted by atomic mass is 31.2. The number of esters is 2. The number of hydrogen-bond acceptors (Lipinski definition) is 14. The summed E-state index contributed by atoms with van der Waals surface area (Å²) < 4.78 is 31.8. The monoisotopic (exact) mass is 902 g/mol. The first kappa shape index (κ1) is 53.6. The molecule has 352 valence electrons. The van der Waals surface area contributed by atoms with Gasteiger partial charge in [0.05, 0.1) is 19.3 Å². The number of aromatic amines is 1. The third kappa shape index (κ3) is 23.0. The van der Waals surface area contributed by atoms with Crippen LogP contribution in [0.15, 0.2) is 24.0 Å². The predicted molar refractivity (Wildman–Crippen MR) is 223 cm³/mol. The summed E-state index contributed by atoms with van der Waals surface area (Å²) in [7, 11) is -5.25. The van der Waals surface area contributed by atoms with E-state index in [1.165, 1.54) is 70.3 Å². The minimum Gasteiger partial charge on any atom is -0.505 e. The molecule has 1 aliphatic heterocycles. The number of nitrogens with one attached hydrogen (secondary N) is 4. The van der Waals surface area contributed by atoms with Gasteiger partial charge in [-0.3, -0.25) is 29.0 Å². The summed E-state index contributed by atoms with van der Waals surface area (Å²) in [5, 5.41) is 27.4. The molecule has 2 rings (SSSR count). The van der Waals surface area contributed by atoms with Crippen LogP contribution in [0.3, 0.4) is 0 Å². The molecule has 0 spiro atoms. The van der Waals surface area contributed by atoms with Crippen molar-refractivity contribution < 1.29 is 72.1 Å². The predicted octanol–water partition coefficient (Wildman–Crippen LogP) is 3.25. The minimum absolute atomic E-state index is 0.0842. The number of hydrogen-bond donors (Lipinski definition) is 9. The molecule has 4 unspecified atom stereocenters. The van der Waals surface area contributed by atoms with Crippen LogP contribution in [0.4, 0.5) is 0 Å². The van der Waals surface area contributed by atoms with Crippen molar-refractivity contribution in [3.05, 3.63) is 29.7 Å². The molecule has 4 atom stereocenters. The number of phosphoric ester groups is 1. The number of carboxylic acids is 1. The largest absolute Gasteiger partial charge is 0.525 e. The van der Waals surface area contributed by atoms with Crippen LogP contribution in [0.5, 0.6) is 0 Å². The number of aromatic nitrogens is 2. The Morgan fingerprint density at radius 2 is 1.52 bits per heavy atom. The van der Waals surface area contributed by atoms with E-state index in [0.717, 1.165) is 25.7 Å². The molecule has 10 N–H and O–H groups in total. The van der Waals surface area contributed by atoms with Crippen molar-refractivity contribution in [2.75, 3.05) is 26.3 Å². The topological polar surface area (TPSA) is 328 Å². The first-order chi connectivity index (χ1) is 29.6. The summed E-state index contributed by atoms with van der Waals surface area (Å²) >= 11 is 0. The Hall–Kier alpha value is -4.56. The van der Waals surface area contributed by atoms with Gasteiger partial charge in [0.2, 0.25) is 17.7 Å². The summed E-state index contributed by atoms with van der Waals surface area (Å²) in [4.78, 5) is 100.0. The van der Waals surface area contributed by atoms with Gasteiger partial charge in [-0.2, -0.15) is 0 Å². The Labute approximate surface area is 362 Å².